The lowest BCUT2D eigenvalue weighted by Crippen LogP contribution is -2.53. The maximum absolute atomic E-state index is 12.8. The number of carbonyl (C=O) groups is 3. The van der Waals surface area contributed by atoms with E-state index in [1.54, 1.807) is 30.5 Å². The fourth-order valence-electron chi connectivity index (χ4n) is 2.65. The van der Waals surface area contributed by atoms with Crippen molar-refractivity contribution >= 4 is 23.5 Å². The molecule has 2 rings (SSSR count). The van der Waals surface area contributed by atoms with Crippen LogP contribution in [0.1, 0.15) is 18.9 Å². The number of carbonyl (C=O) groups excluding carboxylic acids is 2. The molecule has 7 heteroatoms. The molecule has 1 heterocycles. The van der Waals surface area contributed by atoms with Crippen LogP contribution in [0.4, 0.5) is 0 Å². The summed E-state index contributed by atoms with van der Waals surface area (Å²) in [4.78, 5) is 38.6. The second kappa shape index (κ2) is 7.74. The number of hydrogen-bond donors (Lipinski definition) is 1. The molecule has 24 heavy (non-hydrogen) atoms. The van der Waals surface area contributed by atoms with Crippen LogP contribution in [0.5, 0.6) is 0 Å². The van der Waals surface area contributed by atoms with Gasteiger partial charge in [0.25, 0.3) is 5.91 Å². The Kier molecular flexibility index (Phi) is 5.70. The molecule has 1 aromatic carbocycles. The van der Waals surface area contributed by atoms with E-state index in [0.717, 1.165) is 0 Å². The molecule has 2 amide bonds. The van der Waals surface area contributed by atoms with Gasteiger partial charge in [-0.15, -0.1) is 0 Å². The highest BCUT2D eigenvalue weighted by Gasteiger charge is 2.38. The molecule has 0 aliphatic carbocycles. The predicted molar refractivity (Wildman–Crippen MR) is 86.6 cm³/mol. The first-order valence-electron chi connectivity index (χ1n) is 7.54. The Balaban J connectivity index is 2.49. The standard InChI is InChI=1S/C17H20N2O5/c1-12(20)18-10-15(13-6-4-3-5-7-13)19(11-16(21)22)17(23)14(18)8-9-24-2/h3-7,10,14H,8-9,11H2,1-2H3,(H,21,22)/t14-/m0/s1. The van der Waals surface area contributed by atoms with Crippen molar-refractivity contribution in [3.05, 3.63) is 42.1 Å². The molecule has 0 aromatic heterocycles. The van der Waals surface area contributed by atoms with Gasteiger partial charge in [-0.25, -0.2) is 0 Å². The molecule has 0 saturated heterocycles. The van der Waals surface area contributed by atoms with E-state index in [4.69, 9.17) is 9.84 Å². The summed E-state index contributed by atoms with van der Waals surface area (Å²) in [6, 6.07) is 8.15. The van der Waals surface area contributed by atoms with E-state index in [1.807, 2.05) is 6.07 Å². The number of amides is 2. The Morgan fingerprint density at radius 1 is 1.25 bits per heavy atom. The minimum Gasteiger partial charge on any atom is -0.480 e. The Morgan fingerprint density at radius 2 is 1.92 bits per heavy atom. The first kappa shape index (κ1) is 17.7. The smallest absolute Gasteiger partial charge is 0.323 e. The number of hydrogen-bond acceptors (Lipinski definition) is 4. The number of methoxy groups -OCH3 is 1. The number of nitrogens with zero attached hydrogens (tertiary/aromatic N) is 2. The van der Waals surface area contributed by atoms with Gasteiger partial charge in [0.05, 0.1) is 5.70 Å². The third-order valence-corrected chi connectivity index (χ3v) is 3.76. The van der Waals surface area contributed by atoms with E-state index in [1.165, 1.54) is 23.8 Å². The van der Waals surface area contributed by atoms with Crippen LogP contribution in [0.3, 0.4) is 0 Å². The van der Waals surface area contributed by atoms with Crippen LogP contribution in [0, 0.1) is 0 Å². The number of aliphatic carboxylic acids is 1. The number of benzene rings is 1. The highest BCUT2D eigenvalue weighted by Crippen LogP contribution is 2.28. The molecule has 1 N–H and O–H groups in total. The SMILES string of the molecule is COCC[C@H]1C(=O)N(CC(=O)O)C(c2ccccc2)=CN1C(C)=O. The Morgan fingerprint density at radius 3 is 2.46 bits per heavy atom. The summed E-state index contributed by atoms with van der Waals surface area (Å²) in [5.74, 6) is -1.83. The lowest BCUT2D eigenvalue weighted by Gasteiger charge is -2.38. The van der Waals surface area contributed by atoms with Gasteiger partial charge in [0.15, 0.2) is 0 Å². The highest BCUT2D eigenvalue weighted by molar-refractivity contribution is 5.98. The van der Waals surface area contributed by atoms with E-state index in [0.29, 0.717) is 17.7 Å². The summed E-state index contributed by atoms with van der Waals surface area (Å²) in [5.41, 5.74) is 1.07. The van der Waals surface area contributed by atoms with Gasteiger partial charge in [-0.1, -0.05) is 30.3 Å². The quantitative estimate of drug-likeness (QED) is 0.845. The van der Waals surface area contributed by atoms with Crippen LogP contribution < -0.4 is 0 Å². The molecule has 0 unspecified atom stereocenters. The van der Waals surface area contributed by atoms with E-state index in [9.17, 15) is 14.4 Å². The van der Waals surface area contributed by atoms with Crippen LogP contribution >= 0.6 is 0 Å². The zero-order valence-electron chi connectivity index (χ0n) is 13.6. The summed E-state index contributed by atoms with van der Waals surface area (Å²) < 4.78 is 5.00. The van der Waals surface area contributed by atoms with Crippen molar-refractivity contribution in [1.82, 2.24) is 9.80 Å². The fraction of sp³-hybridized carbons (Fsp3) is 0.353. The van der Waals surface area contributed by atoms with Crippen LogP contribution in [-0.2, 0) is 19.1 Å². The minimum atomic E-state index is -1.12. The molecule has 0 bridgehead atoms. The van der Waals surface area contributed by atoms with Gasteiger partial charge in [-0.2, -0.15) is 0 Å². The van der Waals surface area contributed by atoms with Gasteiger partial charge >= 0.3 is 5.97 Å². The molecule has 1 aliphatic heterocycles. The minimum absolute atomic E-state index is 0.284. The van der Waals surface area contributed by atoms with Gasteiger partial charge in [0.1, 0.15) is 12.6 Å². The molecule has 1 aromatic rings. The fourth-order valence-corrected chi connectivity index (χ4v) is 2.65. The lowest BCUT2D eigenvalue weighted by atomic mass is 10.0. The first-order chi connectivity index (χ1) is 11.5. The number of carboxylic acid groups (broad SMARTS) is 1. The molecule has 0 radical (unpaired) electrons. The van der Waals surface area contributed by atoms with E-state index < -0.39 is 24.5 Å². The second-order valence-electron chi connectivity index (χ2n) is 5.42. The number of ether oxygens (including phenoxy) is 1. The van der Waals surface area contributed by atoms with Gasteiger partial charge in [0.2, 0.25) is 5.91 Å². The maximum Gasteiger partial charge on any atom is 0.323 e. The monoisotopic (exact) mass is 332 g/mol. The van der Waals surface area contributed by atoms with Gasteiger partial charge in [0, 0.05) is 33.3 Å². The molecule has 1 aliphatic rings. The molecule has 7 nitrogen and oxygen atoms in total. The van der Waals surface area contributed by atoms with E-state index >= 15 is 0 Å². The van der Waals surface area contributed by atoms with Crippen molar-refractivity contribution in [2.45, 2.75) is 19.4 Å². The number of rotatable bonds is 6. The zero-order valence-corrected chi connectivity index (χ0v) is 13.6. The molecular formula is C17H20N2O5. The van der Waals surface area contributed by atoms with Crippen molar-refractivity contribution < 1.29 is 24.2 Å². The lowest BCUT2D eigenvalue weighted by molar-refractivity contribution is -0.147. The van der Waals surface area contributed by atoms with Gasteiger partial charge in [-0.05, 0) is 5.56 Å². The molecule has 128 valence electrons. The van der Waals surface area contributed by atoms with E-state index in [2.05, 4.69) is 0 Å². The predicted octanol–water partition coefficient (Wildman–Crippen LogP) is 1.17. The highest BCUT2D eigenvalue weighted by atomic mass is 16.5. The third kappa shape index (κ3) is 3.80. The van der Waals surface area contributed by atoms with Crippen LogP contribution in [0.25, 0.3) is 5.70 Å². The summed E-state index contributed by atoms with van der Waals surface area (Å²) >= 11 is 0. The first-order valence-corrected chi connectivity index (χ1v) is 7.54. The molecule has 0 fully saturated rings. The number of carboxylic acids is 1. The maximum atomic E-state index is 12.8. The molecule has 0 saturated carbocycles. The molecule has 0 spiro atoms. The Labute approximate surface area is 140 Å². The van der Waals surface area contributed by atoms with Gasteiger partial charge < -0.3 is 14.7 Å². The van der Waals surface area contributed by atoms with E-state index in [-0.39, 0.29) is 12.5 Å². The Bertz CT molecular complexity index is 656. The van der Waals surface area contributed by atoms with Crippen LogP contribution in [0.15, 0.2) is 36.5 Å². The van der Waals surface area contributed by atoms with Crippen molar-refractivity contribution in [3.63, 3.8) is 0 Å². The van der Waals surface area contributed by atoms with Crippen molar-refractivity contribution in [2.75, 3.05) is 20.3 Å². The summed E-state index contributed by atoms with van der Waals surface area (Å²) in [6.07, 6.45) is 1.84. The zero-order chi connectivity index (χ0) is 17.7. The van der Waals surface area contributed by atoms with Crippen LogP contribution in [-0.4, -0.2) is 59.0 Å². The average Bonchev–Trinajstić information content (AvgIpc) is 2.55. The largest absolute Gasteiger partial charge is 0.480 e. The van der Waals surface area contributed by atoms with Crippen molar-refractivity contribution in [1.29, 1.82) is 0 Å². The Hall–Kier alpha value is -2.67. The summed E-state index contributed by atoms with van der Waals surface area (Å²) in [5, 5.41) is 9.16. The third-order valence-electron chi connectivity index (χ3n) is 3.76. The topological polar surface area (TPSA) is 87.2 Å². The van der Waals surface area contributed by atoms with Crippen LogP contribution in [0.2, 0.25) is 0 Å². The molecular weight excluding hydrogens is 312 g/mol. The molecule has 1 atom stereocenters. The normalized spacial score (nSPS) is 17.7. The van der Waals surface area contributed by atoms with Crippen molar-refractivity contribution in [2.24, 2.45) is 0 Å². The van der Waals surface area contributed by atoms with Crippen molar-refractivity contribution in [3.8, 4) is 0 Å². The average molecular weight is 332 g/mol. The second-order valence-corrected chi connectivity index (χ2v) is 5.42. The summed E-state index contributed by atoms with van der Waals surface area (Å²) in [6.45, 7) is 1.20. The van der Waals surface area contributed by atoms with Gasteiger partial charge in [-0.3, -0.25) is 19.3 Å². The summed E-state index contributed by atoms with van der Waals surface area (Å²) in [7, 11) is 1.51.